The predicted octanol–water partition coefficient (Wildman–Crippen LogP) is 3.88. The van der Waals surface area contributed by atoms with E-state index in [0.717, 1.165) is 40.2 Å². The Morgan fingerprint density at radius 2 is 2.14 bits per heavy atom. The SMILES string of the molecule is COc1ccc2c(NC(C)C3CC4CCC3C4)ncnc2c1. The maximum Gasteiger partial charge on any atom is 0.137 e. The van der Waals surface area contributed by atoms with Gasteiger partial charge in [-0.2, -0.15) is 0 Å². The van der Waals surface area contributed by atoms with Gasteiger partial charge >= 0.3 is 0 Å². The fraction of sp³-hybridized carbons (Fsp3) is 0.556. The molecule has 1 aromatic carbocycles. The summed E-state index contributed by atoms with van der Waals surface area (Å²) in [6.07, 6.45) is 7.33. The second-order valence-electron chi connectivity index (χ2n) is 6.88. The van der Waals surface area contributed by atoms with Crippen LogP contribution in [-0.2, 0) is 0 Å². The summed E-state index contributed by atoms with van der Waals surface area (Å²) in [4.78, 5) is 8.84. The molecule has 0 radical (unpaired) electrons. The normalized spacial score (nSPS) is 28.0. The van der Waals surface area contributed by atoms with Crippen molar-refractivity contribution in [1.82, 2.24) is 9.97 Å². The summed E-state index contributed by atoms with van der Waals surface area (Å²) >= 11 is 0. The summed E-state index contributed by atoms with van der Waals surface area (Å²) in [7, 11) is 1.68. The number of aromatic nitrogens is 2. The number of fused-ring (bicyclic) bond motifs is 3. The van der Waals surface area contributed by atoms with Crippen LogP contribution in [0.1, 0.15) is 32.6 Å². The molecule has 2 aliphatic rings. The molecule has 2 aromatic rings. The lowest BCUT2D eigenvalue weighted by molar-refractivity contribution is 0.304. The summed E-state index contributed by atoms with van der Waals surface area (Å²) in [5.74, 6) is 4.47. The molecule has 4 nitrogen and oxygen atoms in total. The predicted molar refractivity (Wildman–Crippen MR) is 88.1 cm³/mol. The molecular weight excluding hydrogens is 274 g/mol. The lowest BCUT2D eigenvalue weighted by Gasteiger charge is -2.29. The fourth-order valence-corrected chi connectivity index (χ4v) is 4.51. The molecule has 0 aliphatic heterocycles. The minimum absolute atomic E-state index is 0.468. The first kappa shape index (κ1) is 13.8. The van der Waals surface area contributed by atoms with E-state index >= 15 is 0 Å². The number of benzene rings is 1. The maximum absolute atomic E-state index is 5.28. The summed E-state index contributed by atoms with van der Waals surface area (Å²) < 4.78 is 5.28. The van der Waals surface area contributed by atoms with E-state index in [1.807, 2.05) is 18.2 Å². The molecule has 1 heterocycles. The van der Waals surface area contributed by atoms with Crippen molar-refractivity contribution in [1.29, 1.82) is 0 Å². The molecule has 0 amide bonds. The Morgan fingerprint density at radius 1 is 1.23 bits per heavy atom. The highest BCUT2D eigenvalue weighted by atomic mass is 16.5. The van der Waals surface area contributed by atoms with Gasteiger partial charge in [0.25, 0.3) is 0 Å². The third-order valence-corrected chi connectivity index (χ3v) is 5.64. The molecule has 22 heavy (non-hydrogen) atoms. The average Bonchev–Trinajstić information content (AvgIpc) is 3.17. The summed E-state index contributed by atoms with van der Waals surface area (Å²) in [5.41, 5.74) is 0.928. The Balaban J connectivity index is 1.58. The number of anilines is 1. The van der Waals surface area contributed by atoms with E-state index < -0.39 is 0 Å². The lowest BCUT2D eigenvalue weighted by atomic mass is 9.84. The van der Waals surface area contributed by atoms with Crippen LogP contribution < -0.4 is 10.1 Å². The van der Waals surface area contributed by atoms with E-state index in [0.29, 0.717) is 6.04 Å². The number of methoxy groups -OCH3 is 1. The largest absolute Gasteiger partial charge is 0.497 e. The van der Waals surface area contributed by atoms with E-state index in [-0.39, 0.29) is 0 Å². The van der Waals surface area contributed by atoms with Crippen LogP contribution in [0.15, 0.2) is 24.5 Å². The highest BCUT2D eigenvalue weighted by molar-refractivity contribution is 5.89. The third kappa shape index (κ3) is 2.31. The minimum atomic E-state index is 0.468. The van der Waals surface area contributed by atoms with Gasteiger partial charge in [0.15, 0.2) is 0 Å². The molecule has 1 N–H and O–H groups in total. The van der Waals surface area contributed by atoms with E-state index in [4.69, 9.17) is 4.74 Å². The molecule has 4 rings (SSSR count). The zero-order valence-corrected chi connectivity index (χ0v) is 13.2. The number of ether oxygens (including phenoxy) is 1. The quantitative estimate of drug-likeness (QED) is 0.930. The molecule has 4 atom stereocenters. The first-order valence-corrected chi connectivity index (χ1v) is 8.30. The molecule has 4 heteroatoms. The van der Waals surface area contributed by atoms with E-state index in [1.165, 1.54) is 25.7 Å². The second-order valence-corrected chi connectivity index (χ2v) is 6.88. The monoisotopic (exact) mass is 297 g/mol. The van der Waals surface area contributed by atoms with Gasteiger partial charge in [-0.25, -0.2) is 9.97 Å². The Kier molecular flexibility index (Phi) is 3.40. The number of nitrogens with one attached hydrogen (secondary N) is 1. The number of hydrogen-bond donors (Lipinski definition) is 1. The van der Waals surface area contributed by atoms with Crippen molar-refractivity contribution in [2.24, 2.45) is 17.8 Å². The average molecular weight is 297 g/mol. The first-order valence-electron chi connectivity index (χ1n) is 8.30. The van der Waals surface area contributed by atoms with Gasteiger partial charge in [-0.15, -0.1) is 0 Å². The van der Waals surface area contributed by atoms with Crippen molar-refractivity contribution < 1.29 is 4.74 Å². The van der Waals surface area contributed by atoms with Crippen molar-refractivity contribution in [3.05, 3.63) is 24.5 Å². The molecule has 2 fully saturated rings. The fourth-order valence-electron chi connectivity index (χ4n) is 4.51. The van der Waals surface area contributed by atoms with E-state index in [2.05, 4.69) is 22.2 Å². The summed E-state index contributed by atoms with van der Waals surface area (Å²) in [5, 5.41) is 4.73. The highest BCUT2D eigenvalue weighted by Crippen LogP contribution is 2.49. The van der Waals surface area contributed by atoms with Crippen LogP contribution in [0.5, 0.6) is 5.75 Å². The van der Waals surface area contributed by atoms with Gasteiger partial charge in [0.2, 0.25) is 0 Å². The molecule has 2 bridgehead atoms. The molecule has 2 aliphatic carbocycles. The number of hydrogen-bond acceptors (Lipinski definition) is 4. The van der Waals surface area contributed by atoms with Crippen molar-refractivity contribution in [3.8, 4) is 5.75 Å². The third-order valence-electron chi connectivity index (χ3n) is 5.64. The second kappa shape index (κ2) is 5.41. The first-order chi connectivity index (χ1) is 10.7. The van der Waals surface area contributed by atoms with Crippen LogP contribution in [0, 0.1) is 17.8 Å². The van der Waals surface area contributed by atoms with Gasteiger partial charge in [0.1, 0.15) is 17.9 Å². The van der Waals surface area contributed by atoms with Crippen LogP contribution in [0.3, 0.4) is 0 Å². The van der Waals surface area contributed by atoms with Gasteiger partial charge in [-0.3, -0.25) is 0 Å². The van der Waals surface area contributed by atoms with Gasteiger partial charge in [0.05, 0.1) is 12.6 Å². The number of nitrogens with zero attached hydrogens (tertiary/aromatic N) is 2. The topological polar surface area (TPSA) is 47.0 Å². The Morgan fingerprint density at radius 3 is 2.86 bits per heavy atom. The van der Waals surface area contributed by atoms with Crippen LogP contribution in [0.4, 0.5) is 5.82 Å². The van der Waals surface area contributed by atoms with Crippen molar-refractivity contribution in [3.63, 3.8) is 0 Å². The van der Waals surface area contributed by atoms with Crippen LogP contribution in [0.2, 0.25) is 0 Å². The van der Waals surface area contributed by atoms with Gasteiger partial charge in [-0.1, -0.05) is 6.42 Å². The Labute approximate surface area is 131 Å². The molecule has 0 saturated heterocycles. The van der Waals surface area contributed by atoms with E-state index in [9.17, 15) is 0 Å². The van der Waals surface area contributed by atoms with Crippen molar-refractivity contribution in [2.45, 2.75) is 38.6 Å². The zero-order valence-electron chi connectivity index (χ0n) is 13.2. The van der Waals surface area contributed by atoms with Crippen LogP contribution >= 0.6 is 0 Å². The summed E-state index contributed by atoms with van der Waals surface area (Å²) in [6.45, 7) is 2.31. The van der Waals surface area contributed by atoms with Crippen molar-refractivity contribution in [2.75, 3.05) is 12.4 Å². The molecule has 116 valence electrons. The van der Waals surface area contributed by atoms with Crippen LogP contribution in [-0.4, -0.2) is 23.1 Å². The molecule has 4 unspecified atom stereocenters. The molecule has 0 spiro atoms. The van der Waals surface area contributed by atoms with Gasteiger partial charge in [-0.05, 0) is 56.1 Å². The Hall–Kier alpha value is -1.84. The molecular formula is C18H23N3O. The maximum atomic E-state index is 5.28. The Bertz CT molecular complexity index is 687. The summed E-state index contributed by atoms with van der Waals surface area (Å²) in [6, 6.07) is 6.45. The molecule has 1 aromatic heterocycles. The zero-order chi connectivity index (χ0) is 15.1. The van der Waals surface area contributed by atoms with Gasteiger partial charge in [0, 0.05) is 17.5 Å². The number of rotatable bonds is 4. The standard InChI is InChI=1S/C18H23N3O/c1-11(16-8-12-3-4-13(16)7-12)21-18-15-6-5-14(22-2)9-17(15)19-10-20-18/h5-6,9-13,16H,3-4,7-8H2,1-2H3,(H,19,20,21). The molecule has 2 saturated carbocycles. The van der Waals surface area contributed by atoms with Crippen LogP contribution in [0.25, 0.3) is 10.9 Å². The van der Waals surface area contributed by atoms with E-state index in [1.54, 1.807) is 13.4 Å². The smallest absolute Gasteiger partial charge is 0.137 e. The van der Waals surface area contributed by atoms with Gasteiger partial charge < -0.3 is 10.1 Å². The van der Waals surface area contributed by atoms with Crippen molar-refractivity contribution >= 4 is 16.7 Å². The highest BCUT2D eigenvalue weighted by Gasteiger charge is 2.41. The lowest BCUT2D eigenvalue weighted by Crippen LogP contribution is -2.30. The minimum Gasteiger partial charge on any atom is -0.497 e.